The normalized spacial score (nSPS) is 12.7. The molecule has 1 aliphatic carbocycles. The number of hydrogen-bond donors (Lipinski definition) is 1. The fraction of sp³-hybridized carbons (Fsp3) is 0. The molecule has 3 aromatic carbocycles. The van der Waals surface area contributed by atoms with Gasteiger partial charge in [0.2, 0.25) is 0 Å². The Kier molecular flexibility index (Phi) is 3.47. The van der Waals surface area contributed by atoms with Crippen molar-refractivity contribution in [1.82, 2.24) is 0 Å². The van der Waals surface area contributed by atoms with Crippen LogP contribution in [-0.4, -0.2) is 11.6 Å². The topological polar surface area (TPSA) is 60.2 Å². The summed E-state index contributed by atoms with van der Waals surface area (Å²) in [5.41, 5.74) is 7.91. The molecule has 0 aromatic heterocycles. The molecule has 0 aliphatic heterocycles. The molecule has 4 heteroatoms. The Morgan fingerprint density at radius 1 is 0.667 bits per heavy atom. The SMILES string of the molecule is Nc1cccc2c1C(=O)c1c(Sc3ccccc3)cccc1C2=O. The van der Waals surface area contributed by atoms with Gasteiger partial charge in [-0.05, 0) is 24.3 Å². The monoisotopic (exact) mass is 331 g/mol. The highest BCUT2D eigenvalue weighted by Crippen LogP contribution is 2.38. The van der Waals surface area contributed by atoms with E-state index in [0.29, 0.717) is 27.9 Å². The molecule has 0 saturated heterocycles. The number of carbonyl (C=O) groups excluding carboxylic acids is 2. The summed E-state index contributed by atoms with van der Waals surface area (Å²) in [5, 5.41) is 0. The van der Waals surface area contributed by atoms with Crippen LogP contribution < -0.4 is 5.73 Å². The van der Waals surface area contributed by atoms with Gasteiger partial charge in [-0.3, -0.25) is 9.59 Å². The van der Waals surface area contributed by atoms with Crippen molar-refractivity contribution >= 4 is 29.0 Å². The highest BCUT2D eigenvalue weighted by Gasteiger charge is 2.33. The summed E-state index contributed by atoms with van der Waals surface area (Å²) in [7, 11) is 0. The average molecular weight is 331 g/mol. The van der Waals surface area contributed by atoms with Crippen LogP contribution in [0.5, 0.6) is 0 Å². The van der Waals surface area contributed by atoms with E-state index >= 15 is 0 Å². The van der Waals surface area contributed by atoms with Crippen LogP contribution in [0, 0.1) is 0 Å². The van der Waals surface area contributed by atoms with Crippen molar-refractivity contribution in [3.05, 3.63) is 89.0 Å². The molecule has 3 aromatic rings. The van der Waals surface area contributed by atoms with Crippen molar-refractivity contribution in [2.75, 3.05) is 5.73 Å². The van der Waals surface area contributed by atoms with Crippen LogP contribution in [-0.2, 0) is 0 Å². The van der Waals surface area contributed by atoms with Crippen LogP contribution in [0.1, 0.15) is 31.8 Å². The van der Waals surface area contributed by atoms with Gasteiger partial charge < -0.3 is 5.73 Å². The summed E-state index contributed by atoms with van der Waals surface area (Å²) in [6, 6.07) is 20.2. The van der Waals surface area contributed by atoms with E-state index in [1.54, 1.807) is 24.3 Å². The zero-order chi connectivity index (χ0) is 16.7. The molecule has 4 rings (SSSR count). The maximum Gasteiger partial charge on any atom is 0.197 e. The molecule has 0 radical (unpaired) electrons. The number of benzene rings is 3. The van der Waals surface area contributed by atoms with E-state index in [0.717, 1.165) is 9.79 Å². The minimum absolute atomic E-state index is 0.151. The van der Waals surface area contributed by atoms with Gasteiger partial charge in [0.15, 0.2) is 11.6 Å². The van der Waals surface area contributed by atoms with Gasteiger partial charge in [0, 0.05) is 32.2 Å². The number of anilines is 1. The largest absolute Gasteiger partial charge is 0.398 e. The van der Waals surface area contributed by atoms with Crippen molar-refractivity contribution < 1.29 is 9.59 Å². The van der Waals surface area contributed by atoms with Gasteiger partial charge in [-0.25, -0.2) is 0 Å². The number of nitrogen functional groups attached to an aromatic ring is 1. The smallest absolute Gasteiger partial charge is 0.197 e. The van der Waals surface area contributed by atoms with Crippen LogP contribution in [0.15, 0.2) is 76.5 Å². The van der Waals surface area contributed by atoms with E-state index in [2.05, 4.69) is 0 Å². The molecule has 0 amide bonds. The molecule has 0 atom stereocenters. The van der Waals surface area contributed by atoms with E-state index in [4.69, 9.17) is 5.73 Å². The summed E-state index contributed by atoms with van der Waals surface area (Å²) >= 11 is 1.47. The maximum absolute atomic E-state index is 13.0. The fourth-order valence-electron chi connectivity index (χ4n) is 2.94. The Morgan fingerprint density at radius 3 is 2.08 bits per heavy atom. The van der Waals surface area contributed by atoms with Gasteiger partial charge >= 0.3 is 0 Å². The van der Waals surface area contributed by atoms with E-state index < -0.39 is 0 Å². The molecule has 2 N–H and O–H groups in total. The molecule has 0 heterocycles. The second kappa shape index (κ2) is 5.65. The second-order valence-electron chi connectivity index (χ2n) is 5.52. The number of fused-ring (bicyclic) bond motifs is 2. The average Bonchev–Trinajstić information content (AvgIpc) is 2.60. The molecular formula is C20H13NO2S. The number of carbonyl (C=O) groups is 2. The molecule has 0 fully saturated rings. The Balaban J connectivity index is 1.89. The Morgan fingerprint density at radius 2 is 1.33 bits per heavy atom. The number of hydrogen-bond acceptors (Lipinski definition) is 4. The maximum atomic E-state index is 13.0. The van der Waals surface area contributed by atoms with Crippen LogP contribution in [0.25, 0.3) is 0 Å². The molecule has 24 heavy (non-hydrogen) atoms. The Labute approximate surface area is 143 Å². The second-order valence-corrected chi connectivity index (χ2v) is 6.64. The third-order valence-electron chi connectivity index (χ3n) is 4.04. The van der Waals surface area contributed by atoms with Gasteiger partial charge in [0.05, 0.1) is 5.56 Å². The lowest BCUT2D eigenvalue weighted by Crippen LogP contribution is -2.23. The van der Waals surface area contributed by atoms with Gasteiger partial charge in [-0.2, -0.15) is 0 Å². The lowest BCUT2D eigenvalue weighted by molar-refractivity contribution is 0.0977. The van der Waals surface area contributed by atoms with Crippen molar-refractivity contribution in [2.24, 2.45) is 0 Å². The van der Waals surface area contributed by atoms with Crippen molar-refractivity contribution in [3.8, 4) is 0 Å². The Hall–Kier alpha value is -2.85. The van der Waals surface area contributed by atoms with Gasteiger partial charge in [0.25, 0.3) is 0 Å². The highest BCUT2D eigenvalue weighted by molar-refractivity contribution is 7.99. The summed E-state index contributed by atoms with van der Waals surface area (Å²) in [6.07, 6.45) is 0. The fourth-order valence-corrected chi connectivity index (χ4v) is 3.94. The lowest BCUT2D eigenvalue weighted by atomic mass is 9.83. The van der Waals surface area contributed by atoms with Gasteiger partial charge in [-0.15, -0.1) is 0 Å². The van der Waals surface area contributed by atoms with Crippen molar-refractivity contribution in [3.63, 3.8) is 0 Å². The molecular weight excluding hydrogens is 318 g/mol. The van der Waals surface area contributed by atoms with E-state index in [-0.39, 0.29) is 11.6 Å². The first-order valence-electron chi connectivity index (χ1n) is 7.50. The van der Waals surface area contributed by atoms with Crippen LogP contribution in [0.3, 0.4) is 0 Å². The van der Waals surface area contributed by atoms with Gasteiger partial charge in [-0.1, -0.05) is 54.2 Å². The van der Waals surface area contributed by atoms with Crippen LogP contribution in [0.2, 0.25) is 0 Å². The van der Waals surface area contributed by atoms with Crippen molar-refractivity contribution in [1.29, 1.82) is 0 Å². The van der Waals surface area contributed by atoms with Crippen molar-refractivity contribution in [2.45, 2.75) is 9.79 Å². The number of ketones is 2. The first kappa shape index (κ1) is 14.7. The summed E-state index contributed by atoms with van der Waals surface area (Å²) < 4.78 is 0. The minimum Gasteiger partial charge on any atom is -0.398 e. The van der Waals surface area contributed by atoms with Gasteiger partial charge in [0.1, 0.15) is 0 Å². The summed E-state index contributed by atoms with van der Waals surface area (Å²) in [6.45, 7) is 0. The summed E-state index contributed by atoms with van der Waals surface area (Å²) in [4.78, 5) is 27.6. The molecule has 0 saturated carbocycles. The molecule has 0 bridgehead atoms. The third kappa shape index (κ3) is 2.23. The Bertz CT molecular complexity index is 980. The quantitative estimate of drug-likeness (QED) is 0.559. The van der Waals surface area contributed by atoms with Crippen LogP contribution in [0.4, 0.5) is 5.69 Å². The zero-order valence-electron chi connectivity index (χ0n) is 12.7. The lowest BCUT2D eigenvalue weighted by Gasteiger charge is -2.21. The predicted molar refractivity (Wildman–Crippen MR) is 94.7 cm³/mol. The number of rotatable bonds is 2. The first-order chi connectivity index (χ1) is 11.7. The highest BCUT2D eigenvalue weighted by atomic mass is 32.2. The third-order valence-corrected chi connectivity index (χ3v) is 5.11. The molecule has 3 nitrogen and oxygen atoms in total. The minimum atomic E-state index is -0.184. The molecule has 1 aliphatic rings. The molecule has 0 spiro atoms. The van der Waals surface area contributed by atoms with Crippen LogP contribution >= 0.6 is 11.8 Å². The summed E-state index contributed by atoms with van der Waals surface area (Å²) in [5.74, 6) is -0.334. The van der Waals surface area contributed by atoms with E-state index in [1.165, 1.54) is 11.8 Å². The standard InChI is InChI=1S/C20H13NO2S/c21-15-10-4-8-13-17(15)20(23)18-14(19(13)22)9-5-11-16(18)24-12-6-2-1-3-7-12/h1-11H,21H2. The molecule has 116 valence electrons. The van der Waals surface area contributed by atoms with E-state index in [1.807, 2.05) is 42.5 Å². The predicted octanol–water partition coefficient (Wildman–Crippen LogP) is 4.20. The van der Waals surface area contributed by atoms with E-state index in [9.17, 15) is 9.59 Å². The first-order valence-corrected chi connectivity index (χ1v) is 8.32. The zero-order valence-corrected chi connectivity index (χ0v) is 13.5. The number of nitrogens with two attached hydrogens (primary N) is 1. The molecule has 0 unspecified atom stereocenters.